The number of benzene rings is 2. The number of fused-ring (bicyclic) bond motifs is 1. The number of anilines is 1. The molecule has 0 bridgehead atoms. The molecule has 3 aromatic rings. The van der Waals surface area contributed by atoms with Gasteiger partial charge < -0.3 is 16.0 Å². The number of amides is 3. The van der Waals surface area contributed by atoms with Crippen molar-refractivity contribution in [1.29, 1.82) is 0 Å². The zero-order valence-electron chi connectivity index (χ0n) is 19.7. The Morgan fingerprint density at radius 2 is 1.97 bits per heavy atom. The number of sulfonamides is 1. The number of nitrogens with two attached hydrogens (primary N) is 1. The van der Waals surface area contributed by atoms with Gasteiger partial charge in [-0.25, -0.2) is 12.8 Å². The Hall–Kier alpha value is -3.71. The molecule has 4 N–H and O–H groups in total. The summed E-state index contributed by atoms with van der Waals surface area (Å²) < 4.78 is 40.8. The largest absolute Gasteiger partial charge is 0.364 e. The van der Waals surface area contributed by atoms with Crippen LogP contribution in [0.1, 0.15) is 28.9 Å². The average molecular weight is 551 g/mol. The van der Waals surface area contributed by atoms with Crippen molar-refractivity contribution in [3.8, 4) is 0 Å². The molecule has 1 aromatic heterocycles. The molecule has 3 amide bonds. The second kappa shape index (κ2) is 10.3. The van der Waals surface area contributed by atoms with E-state index in [2.05, 4.69) is 15.1 Å². The Kier molecular flexibility index (Phi) is 7.37. The number of aromatic nitrogens is 2. The summed E-state index contributed by atoms with van der Waals surface area (Å²) in [5, 5.41) is 6.98. The first kappa shape index (κ1) is 26.4. The van der Waals surface area contributed by atoms with Gasteiger partial charge in [-0.2, -0.15) is 5.10 Å². The van der Waals surface area contributed by atoms with Gasteiger partial charge in [0.25, 0.3) is 5.91 Å². The van der Waals surface area contributed by atoms with Crippen LogP contribution in [-0.2, 0) is 32.7 Å². The molecule has 1 aliphatic carbocycles. The molecule has 196 valence electrons. The Labute approximate surface area is 216 Å². The van der Waals surface area contributed by atoms with E-state index < -0.39 is 33.6 Å². The molecule has 0 unspecified atom stereocenters. The monoisotopic (exact) mass is 550 g/mol. The van der Waals surface area contributed by atoms with E-state index in [1.165, 1.54) is 39.9 Å². The number of rotatable bonds is 10. The fraction of sp³-hybridized carbons (Fsp3) is 0.304. The van der Waals surface area contributed by atoms with Crippen molar-refractivity contribution in [3.63, 3.8) is 0 Å². The van der Waals surface area contributed by atoms with Crippen molar-refractivity contribution in [2.45, 2.75) is 32.0 Å². The predicted molar refractivity (Wildman–Crippen MR) is 135 cm³/mol. The van der Waals surface area contributed by atoms with E-state index in [9.17, 15) is 27.2 Å². The van der Waals surface area contributed by atoms with Gasteiger partial charge >= 0.3 is 0 Å². The Morgan fingerprint density at radius 3 is 2.62 bits per heavy atom. The first-order chi connectivity index (χ1) is 17.4. The molecule has 11 nitrogen and oxygen atoms in total. The summed E-state index contributed by atoms with van der Waals surface area (Å²) in [6.45, 7) is -0.612. The molecule has 1 saturated carbocycles. The van der Waals surface area contributed by atoms with Crippen LogP contribution in [0.2, 0.25) is 5.02 Å². The Morgan fingerprint density at radius 1 is 1.24 bits per heavy atom. The molecule has 4 rings (SSSR count). The maximum Gasteiger partial charge on any atom is 0.269 e. The van der Waals surface area contributed by atoms with E-state index in [1.807, 2.05) is 0 Å². The number of hydrogen-bond acceptors (Lipinski definition) is 6. The third kappa shape index (κ3) is 6.35. The van der Waals surface area contributed by atoms with Crippen molar-refractivity contribution in [1.82, 2.24) is 20.0 Å². The van der Waals surface area contributed by atoms with Crippen LogP contribution in [0, 0.1) is 5.82 Å². The lowest BCUT2D eigenvalue weighted by atomic mass is 10.2. The van der Waals surface area contributed by atoms with Crippen LogP contribution in [-0.4, -0.2) is 59.7 Å². The highest BCUT2D eigenvalue weighted by atomic mass is 35.5. The average Bonchev–Trinajstić information content (AvgIpc) is 3.59. The van der Waals surface area contributed by atoms with Gasteiger partial charge in [-0.15, -0.1) is 0 Å². The second-order valence-corrected chi connectivity index (χ2v) is 10.9. The smallest absolute Gasteiger partial charge is 0.269 e. The van der Waals surface area contributed by atoms with Crippen molar-refractivity contribution >= 4 is 55.9 Å². The lowest BCUT2D eigenvalue weighted by molar-refractivity contribution is -0.137. The zero-order valence-corrected chi connectivity index (χ0v) is 21.3. The molecular formula is C23H24ClFN6O5S. The number of carbonyl (C=O) groups is 3. The number of primary amides is 1. The molecule has 0 atom stereocenters. The highest BCUT2D eigenvalue weighted by molar-refractivity contribution is 7.92. The summed E-state index contributed by atoms with van der Waals surface area (Å²) in [5.41, 5.74) is 6.13. The quantitative estimate of drug-likeness (QED) is 0.348. The van der Waals surface area contributed by atoms with Gasteiger partial charge in [0.15, 0.2) is 5.69 Å². The minimum Gasteiger partial charge on any atom is -0.364 e. The predicted octanol–water partition coefficient (Wildman–Crippen LogP) is 1.61. The normalized spacial score (nSPS) is 13.4. The SMILES string of the molecule is CS(=O)(=O)Nc1ccc2c(c1)c(C(N)=O)nn2CC(=O)N(CC(=O)NCc1cccc(Cl)c1F)C1CC1. The molecule has 1 heterocycles. The molecule has 1 aliphatic rings. The van der Waals surface area contributed by atoms with E-state index >= 15 is 0 Å². The number of nitrogens with one attached hydrogen (secondary N) is 2. The highest BCUT2D eigenvalue weighted by Gasteiger charge is 2.34. The lowest BCUT2D eigenvalue weighted by Gasteiger charge is -2.22. The second-order valence-electron chi connectivity index (χ2n) is 8.72. The third-order valence-electron chi connectivity index (χ3n) is 5.70. The summed E-state index contributed by atoms with van der Waals surface area (Å²) >= 11 is 5.77. The van der Waals surface area contributed by atoms with Gasteiger partial charge in [-0.3, -0.25) is 23.8 Å². The molecule has 0 aliphatic heterocycles. The number of hydrogen-bond donors (Lipinski definition) is 3. The molecule has 0 saturated heterocycles. The van der Waals surface area contributed by atoms with Crippen LogP contribution in [0.3, 0.4) is 0 Å². The molecule has 1 fully saturated rings. The van der Waals surface area contributed by atoms with Gasteiger partial charge in [0, 0.05) is 29.2 Å². The summed E-state index contributed by atoms with van der Waals surface area (Å²) in [4.78, 5) is 39.1. The summed E-state index contributed by atoms with van der Waals surface area (Å²) in [7, 11) is -3.56. The summed E-state index contributed by atoms with van der Waals surface area (Å²) in [6, 6.07) is 8.75. The van der Waals surface area contributed by atoms with Crippen molar-refractivity contribution in [3.05, 3.63) is 58.5 Å². The van der Waals surface area contributed by atoms with Gasteiger partial charge in [0.1, 0.15) is 12.4 Å². The van der Waals surface area contributed by atoms with Gasteiger partial charge in [-0.05, 0) is 37.1 Å². The maximum atomic E-state index is 14.1. The summed E-state index contributed by atoms with van der Waals surface area (Å²) in [5.74, 6) is -2.35. The van der Waals surface area contributed by atoms with E-state index in [1.54, 1.807) is 6.07 Å². The fourth-order valence-corrected chi connectivity index (χ4v) is 4.62. The van der Waals surface area contributed by atoms with Crippen LogP contribution in [0.25, 0.3) is 10.9 Å². The van der Waals surface area contributed by atoms with Crippen molar-refractivity contribution in [2.75, 3.05) is 17.5 Å². The highest BCUT2D eigenvalue weighted by Crippen LogP contribution is 2.28. The molecule has 14 heteroatoms. The lowest BCUT2D eigenvalue weighted by Crippen LogP contribution is -2.43. The van der Waals surface area contributed by atoms with Crippen LogP contribution in [0.15, 0.2) is 36.4 Å². The third-order valence-corrected chi connectivity index (χ3v) is 6.60. The van der Waals surface area contributed by atoms with E-state index in [4.69, 9.17) is 17.3 Å². The van der Waals surface area contributed by atoms with Gasteiger partial charge in [-0.1, -0.05) is 23.7 Å². The minimum atomic E-state index is -3.56. The van der Waals surface area contributed by atoms with Gasteiger partial charge in [0.2, 0.25) is 21.8 Å². The first-order valence-electron chi connectivity index (χ1n) is 11.2. The van der Waals surface area contributed by atoms with Crippen molar-refractivity contribution in [2.24, 2.45) is 5.73 Å². The van der Waals surface area contributed by atoms with Crippen LogP contribution >= 0.6 is 11.6 Å². The molecule has 37 heavy (non-hydrogen) atoms. The summed E-state index contributed by atoms with van der Waals surface area (Å²) in [6.07, 6.45) is 2.45. The topological polar surface area (TPSA) is 156 Å². The Bertz CT molecular complexity index is 1500. The van der Waals surface area contributed by atoms with Gasteiger partial charge in [0.05, 0.1) is 23.3 Å². The maximum absolute atomic E-state index is 14.1. The van der Waals surface area contributed by atoms with E-state index in [0.29, 0.717) is 5.52 Å². The van der Waals surface area contributed by atoms with Crippen LogP contribution < -0.4 is 15.8 Å². The first-order valence-corrected chi connectivity index (χ1v) is 13.5. The number of carbonyl (C=O) groups excluding carboxylic acids is 3. The van der Waals surface area contributed by atoms with E-state index in [-0.39, 0.29) is 53.0 Å². The fourth-order valence-electron chi connectivity index (χ4n) is 3.87. The number of halogens is 2. The van der Waals surface area contributed by atoms with E-state index in [0.717, 1.165) is 19.1 Å². The molecule has 0 radical (unpaired) electrons. The zero-order chi connectivity index (χ0) is 26.9. The van der Waals surface area contributed by atoms with Crippen LogP contribution in [0.5, 0.6) is 0 Å². The standard InChI is InChI=1S/C23H24ClFN6O5S/c1-37(35,36)29-14-5-8-18-16(9-14)22(23(26)34)28-31(18)12-20(33)30(15-6-7-15)11-19(32)27-10-13-3-2-4-17(24)21(13)25/h2-5,8-9,15,29H,6-7,10-12H2,1H3,(H2,26,34)(H,27,32). The number of nitrogens with zero attached hydrogens (tertiary/aromatic N) is 3. The molecule has 2 aromatic carbocycles. The van der Waals surface area contributed by atoms with Crippen LogP contribution in [0.4, 0.5) is 10.1 Å². The minimum absolute atomic E-state index is 0.0532. The Balaban J connectivity index is 1.50. The molecular weight excluding hydrogens is 527 g/mol. The molecule has 0 spiro atoms. The van der Waals surface area contributed by atoms with Crippen molar-refractivity contribution < 1.29 is 27.2 Å².